The van der Waals surface area contributed by atoms with E-state index in [0.29, 0.717) is 15.8 Å². The lowest BCUT2D eigenvalue weighted by atomic mass is 10.2. The summed E-state index contributed by atoms with van der Waals surface area (Å²) >= 11 is 3.32. The average Bonchev–Trinajstić information content (AvgIpc) is 2.40. The predicted molar refractivity (Wildman–Crippen MR) is 70.8 cm³/mol. The number of benzene rings is 1. The van der Waals surface area contributed by atoms with Gasteiger partial charge in [0, 0.05) is 18.7 Å². The van der Waals surface area contributed by atoms with Crippen molar-refractivity contribution in [2.45, 2.75) is 6.29 Å². The fourth-order valence-electron chi connectivity index (χ4n) is 1.34. The Morgan fingerprint density at radius 1 is 1.33 bits per heavy atom. The Balaban J connectivity index is 2.71. The van der Waals surface area contributed by atoms with Gasteiger partial charge in [0.25, 0.3) is 5.91 Å². The number of rotatable bonds is 6. The van der Waals surface area contributed by atoms with Gasteiger partial charge in [-0.3, -0.25) is 4.79 Å². The first-order chi connectivity index (χ1) is 8.62. The second-order valence-electron chi connectivity index (χ2n) is 3.46. The van der Waals surface area contributed by atoms with Crippen LogP contribution in [-0.4, -0.2) is 40.1 Å². The molecule has 1 aromatic rings. The van der Waals surface area contributed by atoms with Crippen LogP contribution >= 0.6 is 15.9 Å². The smallest absolute Gasteiger partial charge is 0.252 e. The van der Waals surface area contributed by atoms with E-state index in [1.807, 2.05) is 0 Å². The van der Waals surface area contributed by atoms with Gasteiger partial charge in [-0.1, -0.05) is 0 Å². The zero-order valence-corrected chi connectivity index (χ0v) is 12.1. The van der Waals surface area contributed by atoms with Gasteiger partial charge in [0.2, 0.25) is 0 Å². The molecule has 0 saturated carbocycles. The van der Waals surface area contributed by atoms with Crippen molar-refractivity contribution in [2.75, 3.05) is 27.9 Å². The van der Waals surface area contributed by atoms with Crippen LogP contribution in [0.3, 0.4) is 0 Å². The molecule has 1 N–H and O–H groups in total. The molecule has 5 nitrogen and oxygen atoms in total. The fourth-order valence-corrected chi connectivity index (χ4v) is 1.77. The third-order valence-electron chi connectivity index (χ3n) is 2.37. The zero-order chi connectivity index (χ0) is 13.5. The molecule has 0 fully saturated rings. The van der Waals surface area contributed by atoms with Crippen molar-refractivity contribution in [3.63, 3.8) is 0 Å². The van der Waals surface area contributed by atoms with Gasteiger partial charge < -0.3 is 19.5 Å². The summed E-state index contributed by atoms with van der Waals surface area (Å²) in [4.78, 5) is 12.0. The number of nitrogens with one attached hydrogen (secondary N) is 1. The molecule has 0 unspecified atom stereocenters. The molecule has 0 aliphatic heterocycles. The largest absolute Gasteiger partial charge is 0.497 e. The summed E-state index contributed by atoms with van der Waals surface area (Å²) in [6, 6.07) is 5.19. The van der Waals surface area contributed by atoms with Crippen molar-refractivity contribution < 1.29 is 19.0 Å². The first kappa shape index (κ1) is 14.9. The molecule has 0 aromatic heterocycles. The minimum absolute atomic E-state index is 0.222. The minimum Gasteiger partial charge on any atom is -0.497 e. The van der Waals surface area contributed by atoms with E-state index in [-0.39, 0.29) is 12.5 Å². The third kappa shape index (κ3) is 3.97. The number of carbonyl (C=O) groups excluding carboxylic acids is 1. The highest BCUT2D eigenvalue weighted by atomic mass is 79.9. The summed E-state index contributed by atoms with van der Waals surface area (Å²) in [7, 11) is 4.58. The fraction of sp³-hybridized carbons (Fsp3) is 0.417. The van der Waals surface area contributed by atoms with E-state index in [2.05, 4.69) is 21.2 Å². The van der Waals surface area contributed by atoms with Crippen LogP contribution in [0, 0.1) is 0 Å². The monoisotopic (exact) mass is 317 g/mol. The number of ether oxygens (including phenoxy) is 3. The van der Waals surface area contributed by atoms with Crippen LogP contribution in [0.5, 0.6) is 5.75 Å². The molecule has 1 aromatic carbocycles. The first-order valence-corrected chi connectivity index (χ1v) is 6.09. The molecule has 0 aliphatic carbocycles. The normalized spacial score (nSPS) is 10.5. The molecule has 18 heavy (non-hydrogen) atoms. The number of halogens is 1. The van der Waals surface area contributed by atoms with Gasteiger partial charge in [-0.15, -0.1) is 0 Å². The Hall–Kier alpha value is -1.11. The van der Waals surface area contributed by atoms with Gasteiger partial charge in [-0.05, 0) is 34.1 Å². The van der Waals surface area contributed by atoms with Crippen LogP contribution in [0.1, 0.15) is 10.4 Å². The number of amides is 1. The topological polar surface area (TPSA) is 56.8 Å². The molecule has 100 valence electrons. The van der Waals surface area contributed by atoms with E-state index in [9.17, 15) is 4.79 Å². The van der Waals surface area contributed by atoms with Crippen molar-refractivity contribution in [1.82, 2.24) is 5.32 Å². The van der Waals surface area contributed by atoms with Gasteiger partial charge >= 0.3 is 0 Å². The van der Waals surface area contributed by atoms with E-state index >= 15 is 0 Å². The van der Waals surface area contributed by atoms with E-state index < -0.39 is 6.29 Å². The Morgan fingerprint density at radius 2 is 2.00 bits per heavy atom. The van der Waals surface area contributed by atoms with Gasteiger partial charge in [-0.25, -0.2) is 0 Å². The van der Waals surface area contributed by atoms with Gasteiger partial charge in [0.05, 0.1) is 19.2 Å². The van der Waals surface area contributed by atoms with Crippen molar-refractivity contribution in [3.05, 3.63) is 28.2 Å². The van der Waals surface area contributed by atoms with Crippen molar-refractivity contribution in [3.8, 4) is 5.75 Å². The highest BCUT2D eigenvalue weighted by Crippen LogP contribution is 2.22. The highest BCUT2D eigenvalue weighted by molar-refractivity contribution is 9.10. The van der Waals surface area contributed by atoms with Crippen molar-refractivity contribution in [2.24, 2.45) is 0 Å². The third-order valence-corrected chi connectivity index (χ3v) is 3.06. The van der Waals surface area contributed by atoms with Gasteiger partial charge in [-0.2, -0.15) is 0 Å². The van der Waals surface area contributed by atoms with Crippen molar-refractivity contribution in [1.29, 1.82) is 0 Å². The maximum Gasteiger partial charge on any atom is 0.252 e. The van der Waals surface area contributed by atoms with Crippen LogP contribution in [0.15, 0.2) is 22.7 Å². The predicted octanol–water partition coefficient (Wildman–Crippen LogP) is 1.81. The molecule has 0 heterocycles. The number of hydrogen-bond acceptors (Lipinski definition) is 4. The maximum atomic E-state index is 12.0. The Kier molecular flexibility index (Phi) is 6.11. The summed E-state index contributed by atoms with van der Waals surface area (Å²) in [5.41, 5.74) is 0.500. The Bertz CT molecular complexity index is 407. The van der Waals surface area contributed by atoms with Gasteiger partial charge in [0.1, 0.15) is 5.75 Å². The van der Waals surface area contributed by atoms with Crippen LogP contribution in [0.25, 0.3) is 0 Å². The maximum absolute atomic E-state index is 12.0. The SMILES string of the molecule is COc1ccc(Br)c(C(=O)NCC(OC)OC)c1. The second-order valence-corrected chi connectivity index (χ2v) is 4.31. The molecular weight excluding hydrogens is 302 g/mol. The molecular formula is C12H16BrNO4. The summed E-state index contributed by atoms with van der Waals surface area (Å²) in [6.45, 7) is 0.273. The lowest BCUT2D eigenvalue weighted by Gasteiger charge is -2.14. The number of methoxy groups -OCH3 is 3. The second kappa shape index (κ2) is 7.35. The molecule has 6 heteroatoms. The zero-order valence-electron chi connectivity index (χ0n) is 10.5. The van der Waals surface area contributed by atoms with Crippen molar-refractivity contribution >= 4 is 21.8 Å². The Morgan fingerprint density at radius 3 is 2.56 bits per heavy atom. The molecule has 0 radical (unpaired) electrons. The highest BCUT2D eigenvalue weighted by Gasteiger charge is 2.13. The lowest BCUT2D eigenvalue weighted by Crippen LogP contribution is -2.34. The van der Waals surface area contributed by atoms with E-state index in [0.717, 1.165) is 0 Å². The Labute approximate surface area is 115 Å². The van der Waals surface area contributed by atoms with E-state index in [4.69, 9.17) is 14.2 Å². The number of carbonyl (C=O) groups is 1. The van der Waals surface area contributed by atoms with E-state index in [1.54, 1.807) is 25.3 Å². The van der Waals surface area contributed by atoms with Crippen LogP contribution in [0.2, 0.25) is 0 Å². The quantitative estimate of drug-likeness (QED) is 0.813. The molecule has 0 aliphatic rings. The van der Waals surface area contributed by atoms with E-state index in [1.165, 1.54) is 14.2 Å². The molecule has 0 bridgehead atoms. The first-order valence-electron chi connectivity index (χ1n) is 5.29. The molecule has 0 atom stereocenters. The molecule has 0 spiro atoms. The molecule has 1 amide bonds. The average molecular weight is 318 g/mol. The standard InChI is InChI=1S/C12H16BrNO4/c1-16-8-4-5-10(13)9(6-8)12(15)14-7-11(17-2)18-3/h4-6,11H,7H2,1-3H3,(H,14,15). The summed E-state index contributed by atoms with van der Waals surface area (Å²) < 4.78 is 15.8. The molecule has 0 saturated heterocycles. The summed E-state index contributed by atoms with van der Waals surface area (Å²) in [5, 5.41) is 2.72. The van der Waals surface area contributed by atoms with Crippen LogP contribution in [0.4, 0.5) is 0 Å². The van der Waals surface area contributed by atoms with Gasteiger partial charge in [0.15, 0.2) is 6.29 Å². The lowest BCUT2D eigenvalue weighted by molar-refractivity contribution is -0.0974. The van der Waals surface area contributed by atoms with Crippen LogP contribution in [-0.2, 0) is 9.47 Å². The van der Waals surface area contributed by atoms with Crippen LogP contribution < -0.4 is 10.1 Å². The minimum atomic E-state index is -0.460. The number of hydrogen-bond donors (Lipinski definition) is 1. The summed E-state index contributed by atoms with van der Waals surface area (Å²) in [6.07, 6.45) is -0.460. The summed E-state index contributed by atoms with van der Waals surface area (Å²) in [5.74, 6) is 0.401. The molecule has 1 rings (SSSR count).